The molecule has 1 aromatic carbocycles. The Labute approximate surface area is 189 Å². The summed E-state index contributed by atoms with van der Waals surface area (Å²) in [5.41, 5.74) is 7.11. The minimum Gasteiger partial charge on any atom is -0.508 e. The van der Waals surface area contributed by atoms with Crippen molar-refractivity contribution in [3.05, 3.63) is 28.3 Å². The molecule has 31 heavy (non-hydrogen) atoms. The van der Waals surface area contributed by atoms with Crippen molar-refractivity contribution in [3.8, 4) is 5.75 Å². The van der Waals surface area contributed by atoms with Gasteiger partial charge in [-0.05, 0) is 159 Å². The van der Waals surface area contributed by atoms with Gasteiger partial charge in [0, 0.05) is 5.56 Å². The molecule has 0 aliphatic heterocycles. The first-order chi connectivity index (χ1) is 14.8. The fraction of sp³-hybridized carbons (Fsp3) is 0.800. The third kappa shape index (κ3) is 2.67. The van der Waals surface area contributed by atoms with Crippen LogP contribution in [-0.2, 0) is 10.8 Å². The van der Waals surface area contributed by atoms with Crippen LogP contribution in [0, 0.1) is 42.4 Å². The van der Waals surface area contributed by atoms with E-state index in [9.17, 15) is 5.11 Å². The standard InChI is InChI=1S/C30H42O/c1-17(2)26-25(31)4-18(3)27(29-11-19-5-20(12-29)7-21(6-19)13-29)28(26)30-14-22-8-23(15-30)10-24(9-22)16-30/h4,17,19-24,31H,5-16H2,1-3H3. The molecule has 1 aromatic rings. The van der Waals surface area contributed by atoms with Crippen molar-refractivity contribution in [2.45, 2.75) is 115 Å². The van der Waals surface area contributed by atoms with Crippen LogP contribution >= 0.6 is 0 Å². The quantitative estimate of drug-likeness (QED) is 0.532. The number of hydrogen-bond donors (Lipinski definition) is 1. The number of benzene rings is 1. The lowest BCUT2D eigenvalue weighted by Crippen LogP contribution is -2.53. The summed E-state index contributed by atoms with van der Waals surface area (Å²) in [5, 5.41) is 11.4. The van der Waals surface area contributed by atoms with Crippen LogP contribution in [0.4, 0.5) is 0 Å². The number of aryl methyl sites for hydroxylation is 1. The average Bonchev–Trinajstić information content (AvgIpc) is 2.64. The third-order valence-corrected chi connectivity index (χ3v) is 11.3. The van der Waals surface area contributed by atoms with E-state index in [-0.39, 0.29) is 0 Å². The molecule has 1 heteroatoms. The van der Waals surface area contributed by atoms with E-state index in [1.54, 1.807) is 11.1 Å². The van der Waals surface area contributed by atoms with Crippen molar-refractivity contribution in [1.29, 1.82) is 0 Å². The van der Waals surface area contributed by atoms with E-state index in [0.29, 0.717) is 22.5 Å². The van der Waals surface area contributed by atoms with E-state index in [0.717, 1.165) is 35.5 Å². The van der Waals surface area contributed by atoms with Crippen LogP contribution in [0.25, 0.3) is 0 Å². The van der Waals surface area contributed by atoms with Crippen LogP contribution < -0.4 is 0 Å². The summed E-state index contributed by atoms with van der Waals surface area (Å²) in [5.74, 6) is 6.83. The Kier molecular flexibility index (Phi) is 3.98. The van der Waals surface area contributed by atoms with Gasteiger partial charge in [-0.3, -0.25) is 0 Å². The Morgan fingerprint density at radius 1 is 0.677 bits per heavy atom. The molecule has 8 aliphatic carbocycles. The minimum absolute atomic E-state index is 0.372. The zero-order valence-electron chi connectivity index (χ0n) is 20.1. The van der Waals surface area contributed by atoms with Crippen molar-refractivity contribution in [2.24, 2.45) is 35.5 Å². The van der Waals surface area contributed by atoms with Crippen molar-refractivity contribution in [3.63, 3.8) is 0 Å². The SMILES string of the molecule is Cc1cc(O)c(C(C)C)c(C23CC4CC(CC(C4)C2)C3)c1C12CC3CC(CC(C3)C1)C2. The molecule has 168 valence electrons. The summed E-state index contributed by atoms with van der Waals surface area (Å²) in [6, 6.07) is 2.19. The van der Waals surface area contributed by atoms with Gasteiger partial charge < -0.3 is 5.11 Å². The molecule has 0 spiro atoms. The van der Waals surface area contributed by atoms with Crippen molar-refractivity contribution >= 4 is 0 Å². The molecular formula is C30H42O. The largest absolute Gasteiger partial charge is 0.508 e. The third-order valence-electron chi connectivity index (χ3n) is 11.3. The van der Waals surface area contributed by atoms with Gasteiger partial charge in [0.1, 0.15) is 5.75 Å². The Hall–Kier alpha value is -0.980. The highest BCUT2D eigenvalue weighted by Crippen LogP contribution is 2.67. The maximum atomic E-state index is 11.4. The lowest BCUT2D eigenvalue weighted by atomic mass is 9.43. The Bertz CT molecular complexity index is 850. The number of hydrogen-bond acceptors (Lipinski definition) is 1. The van der Waals surface area contributed by atoms with Crippen LogP contribution in [0.1, 0.15) is 119 Å². The average molecular weight is 419 g/mol. The van der Waals surface area contributed by atoms with Crippen LogP contribution in [-0.4, -0.2) is 5.11 Å². The van der Waals surface area contributed by atoms with Crippen molar-refractivity contribution in [1.82, 2.24) is 0 Å². The first-order valence-corrected chi connectivity index (χ1v) is 13.7. The van der Waals surface area contributed by atoms with E-state index in [2.05, 4.69) is 26.8 Å². The van der Waals surface area contributed by atoms with Gasteiger partial charge in [-0.15, -0.1) is 0 Å². The number of phenols is 1. The summed E-state index contributed by atoms with van der Waals surface area (Å²) < 4.78 is 0. The Balaban J connectivity index is 1.48. The molecule has 8 fully saturated rings. The predicted octanol–water partition coefficient (Wildman–Crippen LogP) is 7.76. The van der Waals surface area contributed by atoms with Crippen LogP contribution in [0.3, 0.4) is 0 Å². The summed E-state index contributed by atoms with van der Waals surface area (Å²) >= 11 is 0. The molecule has 0 heterocycles. The van der Waals surface area contributed by atoms with Crippen molar-refractivity contribution in [2.75, 3.05) is 0 Å². The zero-order chi connectivity index (χ0) is 21.1. The van der Waals surface area contributed by atoms with Gasteiger partial charge in [0.2, 0.25) is 0 Å². The monoisotopic (exact) mass is 418 g/mol. The molecule has 1 N–H and O–H groups in total. The van der Waals surface area contributed by atoms with Gasteiger partial charge in [0.15, 0.2) is 0 Å². The van der Waals surface area contributed by atoms with Gasteiger partial charge >= 0.3 is 0 Å². The van der Waals surface area contributed by atoms with Gasteiger partial charge in [0.25, 0.3) is 0 Å². The van der Waals surface area contributed by atoms with E-state index < -0.39 is 0 Å². The summed E-state index contributed by atoms with van der Waals surface area (Å²) in [6.45, 7) is 7.05. The second kappa shape index (κ2) is 6.32. The zero-order valence-corrected chi connectivity index (χ0v) is 20.1. The maximum absolute atomic E-state index is 11.4. The van der Waals surface area contributed by atoms with E-state index in [1.165, 1.54) is 88.2 Å². The second-order valence-electron chi connectivity index (χ2n) is 13.9. The lowest BCUT2D eigenvalue weighted by molar-refractivity contribution is -0.0182. The predicted molar refractivity (Wildman–Crippen MR) is 127 cm³/mol. The molecule has 8 saturated carbocycles. The molecule has 0 radical (unpaired) electrons. The molecule has 8 bridgehead atoms. The first kappa shape index (κ1) is 19.5. The molecule has 0 saturated heterocycles. The normalized spacial score (nSPS) is 47.0. The molecule has 0 amide bonds. The molecule has 8 aliphatic rings. The number of aromatic hydroxyl groups is 1. The van der Waals surface area contributed by atoms with E-state index in [1.807, 2.05) is 0 Å². The Morgan fingerprint density at radius 2 is 1.03 bits per heavy atom. The van der Waals surface area contributed by atoms with Crippen LogP contribution in [0.2, 0.25) is 0 Å². The lowest BCUT2D eigenvalue weighted by Gasteiger charge is -2.61. The molecule has 0 unspecified atom stereocenters. The maximum Gasteiger partial charge on any atom is 0.119 e. The topological polar surface area (TPSA) is 20.2 Å². The molecular weight excluding hydrogens is 376 g/mol. The minimum atomic E-state index is 0.372. The second-order valence-corrected chi connectivity index (χ2v) is 13.9. The van der Waals surface area contributed by atoms with E-state index >= 15 is 0 Å². The fourth-order valence-corrected chi connectivity index (χ4v) is 11.5. The molecule has 0 aromatic heterocycles. The van der Waals surface area contributed by atoms with Crippen LogP contribution in [0.5, 0.6) is 5.75 Å². The highest BCUT2D eigenvalue weighted by molar-refractivity contribution is 5.57. The van der Waals surface area contributed by atoms with Crippen LogP contribution in [0.15, 0.2) is 6.07 Å². The molecule has 0 atom stereocenters. The van der Waals surface area contributed by atoms with Crippen molar-refractivity contribution < 1.29 is 5.11 Å². The van der Waals surface area contributed by atoms with E-state index in [4.69, 9.17) is 0 Å². The summed E-state index contributed by atoms with van der Waals surface area (Å²) in [7, 11) is 0. The highest BCUT2D eigenvalue weighted by atomic mass is 16.3. The molecule has 9 rings (SSSR count). The van der Waals surface area contributed by atoms with Gasteiger partial charge in [-0.1, -0.05) is 13.8 Å². The smallest absolute Gasteiger partial charge is 0.119 e. The first-order valence-electron chi connectivity index (χ1n) is 13.7. The van der Waals surface area contributed by atoms with Gasteiger partial charge in [0.05, 0.1) is 0 Å². The van der Waals surface area contributed by atoms with Gasteiger partial charge in [-0.25, -0.2) is 0 Å². The number of phenolic OH excluding ortho intramolecular Hbond substituents is 1. The van der Waals surface area contributed by atoms with Gasteiger partial charge in [-0.2, -0.15) is 0 Å². The number of rotatable bonds is 3. The molecule has 1 nitrogen and oxygen atoms in total. The summed E-state index contributed by atoms with van der Waals surface area (Å²) in [6.07, 6.45) is 17.6. The summed E-state index contributed by atoms with van der Waals surface area (Å²) in [4.78, 5) is 0. The Morgan fingerprint density at radius 3 is 1.39 bits per heavy atom. The highest BCUT2D eigenvalue weighted by Gasteiger charge is 2.57. The fourth-order valence-electron chi connectivity index (χ4n) is 11.5.